The summed E-state index contributed by atoms with van der Waals surface area (Å²) in [5.41, 5.74) is 3.85. The molecule has 0 radical (unpaired) electrons. The molecule has 0 atom stereocenters. The summed E-state index contributed by atoms with van der Waals surface area (Å²) in [6, 6.07) is 27.7. The molecular formula is C21H17N5S2. The lowest BCUT2D eigenvalue weighted by Gasteiger charge is -2.10. The summed E-state index contributed by atoms with van der Waals surface area (Å²) in [6.07, 6.45) is 0. The molecule has 4 rings (SSSR count). The van der Waals surface area contributed by atoms with Gasteiger partial charge >= 0.3 is 0 Å². The highest BCUT2D eigenvalue weighted by atomic mass is 32.1. The van der Waals surface area contributed by atoms with Gasteiger partial charge in [-0.25, -0.2) is 0 Å². The Morgan fingerprint density at radius 3 is 1.89 bits per heavy atom. The number of nitrogens with one attached hydrogen (secondary N) is 3. The molecule has 4 aromatic rings. The SMILES string of the molecule is S=C(Nc1ccccc1)Nc1ccc(-c2nnc(Nc3ccccc3)s2)cc1. The number of nitrogens with zero attached hydrogens (tertiary/aromatic N) is 2. The molecular weight excluding hydrogens is 386 g/mol. The molecule has 1 heterocycles. The normalized spacial score (nSPS) is 10.3. The molecule has 3 N–H and O–H groups in total. The van der Waals surface area contributed by atoms with Crippen LogP contribution < -0.4 is 16.0 Å². The van der Waals surface area contributed by atoms with Crippen molar-refractivity contribution in [2.45, 2.75) is 0 Å². The first kappa shape index (κ1) is 18.1. The average molecular weight is 404 g/mol. The summed E-state index contributed by atoms with van der Waals surface area (Å²) in [4.78, 5) is 0. The van der Waals surface area contributed by atoms with E-state index in [0.29, 0.717) is 5.11 Å². The number of benzene rings is 3. The minimum Gasteiger partial charge on any atom is -0.332 e. The summed E-state index contributed by atoms with van der Waals surface area (Å²) in [6.45, 7) is 0. The lowest BCUT2D eigenvalue weighted by molar-refractivity contribution is 1.10. The molecule has 0 bridgehead atoms. The molecule has 7 heteroatoms. The van der Waals surface area contributed by atoms with Crippen LogP contribution in [0.5, 0.6) is 0 Å². The van der Waals surface area contributed by atoms with Gasteiger partial charge in [0, 0.05) is 22.6 Å². The Bertz CT molecular complexity index is 1050. The number of hydrogen-bond acceptors (Lipinski definition) is 5. The number of aromatic nitrogens is 2. The Kier molecular flexibility index (Phi) is 5.56. The molecule has 28 heavy (non-hydrogen) atoms. The fourth-order valence-corrected chi connectivity index (χ4v) is 3.55. The van der Waals surface area contributed by atoms with Crippen molar-refractivity contribution in [1.82, 2.24) is 10.2 Å². The molecule has 1 aromatic heterocycles. The van der Waals surface area contributed by atoms with Crippen molar-refractivity contribution in [2.75, 3.05) is 16.0 Å². The Morgan fingerprint density at radius 2 is 1.25 bits per heavy atom. The zero-order valence-electron chi connectivity index (χ0n) is 14.8. The highest BCUT2D eigenvalue weighted by molar-refractivity contribution is 7.80. The minimum atomic E-state index is 0.546. The molecule has 0 unspecified atom stereocenters. The predicted molar refractivity (Wildman–Crippen MR) is 121 cm³/mol. The second-order valence-corrected chi connectivity index (χ2v) is 7.31. The van der Waals surface area contributed by atoms with Crippen molar-refractivity contribution < 1.29 is 0 Å². The van der Waals surface area contributed by atoms with E-state index < -0.39 is 0 Å². The summed E-state index contributed by atoms with van der Waals surface area (Å²) < 4.78 is 0. The Morgan fingerprint density at radius 1 is 0.679 bits per heavy atom. The van der Waals surface area contributed by atoms with E-state index in [-0.39, 0.29) is 0 Å². The lowest BCUT2D eigenvalue weighted by atomic mass is 10.2. The summed E-state index contributed by atoms with van der Waals surface area (Å²) in [5.74, 6) is 0. The molecule has 138 valence electrons. The Hall–Kier alpha value is -3.29. The third-order valence-corrected chi connectivity index (χ3v) is 4.96. The van der Waals surface area contributed by atoms with Gasteiger partial charge in [0.1, 0.15) is 5.01 Å². The van der Waals surface area contributed by atoms with Crippen LogP contribution in [0.15, 0.2) is 84.9 Å². The molecule has 0 aliphatic carbocycles. The zero-order valence-corrected chi connectivity index (χ0v) is 16.4. The van der Waals surface area contributed by atoms with Crippen LogP contribution in [0.25, 0.3) is 10.6 Å². The summed E-state index contributed by atoms with van der Waals surface area (Å²) >= 11 is 6.87. The topological polar surface area (TPSA) is 61.9 Å². The van der Waals surface area contributed by atoms with E-state index in [9.17, 15) is 0 Å². The quantitative estimate of drug-likeness (QED) is 0.368. The van der Waals surface area contributed by atoms with Crippen LogP contribution in [0.1, 0.15) is 0 Å². The summed E-state index contributed by atoms with van der Waals surface area (Å²) in [5, 5.41) is 20.3. The van der Waals surface area contributed by atoms with Gasteiger partial charge in [-0.05, 0) is 60.7 Å². The van der Waals surface area contributed by atoms with E-state index in [1.807, 2.05) is 84.9 Å². The van der Waals surface area contributed by atoms with E-state index >= 15 is 0 Å². The van der Waals surface area contributed by atoms with Crippen molar-refractivity contribution >= 4 is 50.9 Å². The molecule has 0 fully saturated rings. The lowest BCUT2D eigenvalue weighted by Crippen LogP contribution is -2.18. The van der Waals surface area contributed by atoms with Crippen molar-refractivity contribution in [3.63, 3.8) is 0 Å². The molecule has 5 nitrogen and oxygen atoms in total. The third kappa shape index (κ3) is 4.70. The van der Waals surface area contributed by atoms with E-state index in [4.69, 9.17) is 12.2 Å². The van der Waals surface area contributed by atoms with Gasteiger partial charge in [-0.15, -0.1) is 10.2 Å². The predicted octanol–water partition coefficient (Wildman–Crippen LogP) is 5.76. The first-order valence-corrected chi connectivity index (χ1v) is 9.88. The van der Waals surface area contributed by atoms with Crippen molar-refractivity contribution in [3.05, 3.63) is 84.9 Å². The van der Waals surface area contributed by atoms with Gasteiger partial charge in [0.05, 0.1) is 0 Å². The Balaban J connectivity index is 1.39. The fraction of sp³-hybridized carbons (Fsp3) is 0. The van der Waals surface area contributed by atoms with Gasteiger partial charge in [0.25, 0.3) is 0 Å². The average Bonchev–Trinajstić information content (AvgIpc) is 3.18. The van der Waals surface area contributed by atoms with Gasteiger partial charge in [0.2, 0.25) is 5.13 Å². The van der Waals surface area contributed by atoms with Crippen LogP contribution in [0.3, 0.4) is 0 Å². The molecule has 0 saturated heterocycles. The summed E-state index contributed by atoms with van der Waals surface area (Å²) in [7, 11) is 0. The number of rotatable bonds is 5. The molecule has 0 spiro atoms. The highest BCUT2D eigenvalue weighted by Gasteiger charge is 2.07. The van der Waals surface area contributed by atoms with Crippen LogP contribution in [0.2, 0.25) is 0 Å². The van der Waals surface area contributed by atoms with Gasteiger partial charge in [0.15, 0.2) is 5.11 Å². The second kappa shape index (κ2) is 8.60. The number of thiocarbonyl (C=S) groups is 1. The van der Waals surface area contributed by atoms with Crippen LogP contribution in [-0.4, -0.2) is 15.3 Å². The zero-order chi connectivity index (χ0) is 19.2. The molecule has 0 amide bonds. The third-order valence-electron chi connectivity index (χ3n) is 3.87. The number of hydrogen-bond donors (Lipinski definition) is 3. The van der Waals surface area contributed by atoms with Crippen molar-refractivity contribution in [3.8, 4) is 10.6 Å². The maximum atomic E-state index is 5.36. The second-order valence-electron chi connectivity index (χ2n) is 5.93. The first-order valence-electron chi connectivity index (χ1n) is 8.65. The van der Waals surface area contributed by atoms with Gasteiger partial charge in [-0.3, -0.25) is 0 Å². The molecule has 0 saturated carbocycles. The first-order chi connectivity index (χ1) is 13.8. The highest BCUT2D eigenvalue weighted by Crippen LogP contribution is 2.29. The van der Waals surface area contributed by atoms with Crippen LogP contribution in [0, 0.1) is 0 Å². The standard InChI is InChI=1S/C21H17N5S2/c27-20(22-16-7-3-1-4-8-16)23-18-13-11-15(12-14-18)19-25-26-21(28-19)24-17-9-5-2-6-10-17/h1-14H,(H,24,26)(H2,22,23,27). The van der Waals surface area contributed by atoms with Gasteiger partial charge in [-0.1, -0.05) is 47.7 Å². The van der Waals surface area contributed by atoms with Crippen molar-refractivity contribution in [1.29, 1.82) is 0 Å². The molecule has 0 aliphatic rings. The minimum absolute atomic E-state index is 0.546. The van der Waals surface area contributed by atoms with E-state index in [1.165, 1.54) is 11.3 Å². The fourth-order valence-electron chi connectivity index (χ4n) is 2.55. The van der Waals surface area contributed by atoms with Crippen LogP contribution in [0.4, 0.5) is 22.2 Å². The van der Waals surface area contributed by atoms with Gasteiger partial charge in [-0.2, -0.15) is 0 Å². The largest absolute Gasteiger partial charge is 0.332 e. The smallest absolute Gasteiger partial charge is 0.210 e. The molecule has 3 aromatic carbocycles. The van der Waals surface area contributed by atoms with E-state index in [1.54, 1.807) is 0 Å². The molecule has 0 aliphatic heterocycles. The van der Waals surface area contributed by atoms with Crippen LogP contribution >= 0.6 is 23.6 Å². The van der Waals surface area contributed by atoms with Crippen molar-refractivity contribution in [2.24, 2.45) is 0 Å². The van der Waals surface area contributed by atoms with Crippen LogP contribution in [-0.2, 0) is 0 Å². The monoisotopic (exact) mass is 403 g/mol. The number of anilines is 4. The van der Waals surface area contributed by atoms with Gasteiger partial charge < -0.3 is 16.0 Å². The Labute approximate surface area is 172 Å². The number of para-hydroxylation sites is 2. The maximum Gasteiger partial charge on any atom is 0.210 e. The van der Waals surface area contributed by atoms with E-state index in [2.05, 4.69) is 26.1 Å². The van der Waals surface area contributed by atoms with E-state index in [0.717, 1.165) is 32.8 Å². The maximum absolute atomic E-state index is 5.36.